The van der Waals surface area contributed by atoms with E-state index in [0.717, 1.165) is 10.4 Å². The van der Waals surface area contributed by atoms with E-state index in [1.807, 2.05) is 47.8 Å². The van der Waals surface area contributed by atoms with Gasteiger partial charge in [0.05, 0.1) is 28.7 Å². The van der Waals surface area contributed by atoms with Gasteiger partial charge in [-0.1, -0.05) is 36.4 Å². The molecule has 0 fully saturated rings. The number of amides is 1. The molecular weight excluding hydrogens is 480 g/mol. The molecule has 0 saturated carbocycles. The molecule has 0 radical (unpaired) electrons. The van der Waals surface area contributed by atoms with E-state index in [-0.39, 0.29) is 12.5 Å². The van der Waals surface area contributed by atoms with E-state index in [4.69, 9.17) is 13.9 Å². The van der Waals surface area contributed by atoms with Crippen molar-refractivity contribution < 1.29 is 18.7 Å². The lowest BCUT2D eigenvalue weighted by atomic mass is 10.2. The van der Waals surface area contributed by atoms with Crippen LogP contribution in [0.1, 0.15) is 21.6 Å². The molecule has 0 bridgehead atoms. The van der Waals surface area contributed by atoms with Crippen LogP contribution in [0.4, 0.5) is 0 Å². The van der Waals surface area contributed by atoms with Gasteiger partial charge in [-0.15, -0.1) is 11.3 Å². The number of rotatable bonds is 8. The first kappa shape index (κ1) is 21.1. The largest absolute Gasteiger partial charge is 0.493 e. The average Bonchev–Trinajstić information content (AvgIpc) is 3.48. The van der Waals surface area contributed by atoms with Crippen molar-refractivity contribution >= 4 is 33.2 Å². The number of halogens is 1. The third-order valence-electron chi connectivity index (χ3n) is 4.43. The second-order valence-corrected chi connectivity index (χ2v) is 8.37. The standard InChI is InChI=1S/C23H19BrN2O4S/c1-28-19-11-16(10-18(24)21(19)29-13-15-6-3-2-4-7-15)22(27)25-12-17-14-30-23(26-17)20-8-5-9-31-20/h2-11,14H,12-13H2,1H3,(H,25,27). The summed E-state index contributed by atoms with van der Waals surface area (Å²) >= 11 is 5.04. The number of hydrogen-bond donors (Lipinski definition) is 1. The monoisotopic (exact) mass is 498 g/mol. The lowest BCUT2D eigenvalue weighted by Crippen LogP contribution is -2.23. The summed E-state index contributed by atoms with van der Waals surface area (Å²) in [6, 6.07) is 17.1. The van der Waals surface area contributed by atoms with E-state index in [1.54, 1.807) is 36.8 Å². The highest BCUT2D eigenvalue weighted by Crippen LogP contribution is 2.37. The third-order valence-corrected chi connectivity index (χ3v) is 5.88. The molecule has 158 valence electrons. The predicted octanol–water partition coefficient (Wildman–Crippen LogP) is 5.68. The lowest BCUT2D eigenvalue weighted by molar-refractivity contribution is 0.0950. The molecule has 2 aromatic carbocycles. The zero-order chi connectivity index (χ0) is 21.6. The fourth-order valence-electron chi connectivity index (χ4n) is 2.90. The molecule has 0 spiro atoms. The summed E-state index contributed by atoms with van der Waals surface area (Å²) in [7, 11) is 1.54. The molecule has 1 N–H and O–H groups in total. The minimum Gasteiger partial charge on any atom is -0.493 e. The average molecular weight is 499 g/mol. The molecule has 0 unspecified atom stereocenters. The number of nitrogens with zero attached hydrogens (tertiary/aromatic N) is 1. The zero-order valence-corrected chi connectivity index (χ0v) is 19.0. The fraction of sp³-hybridized carbons (Fsp3) is 0.130. The number of carbonyl (C=O) groups excluding carboxylic acids is 1. The van der Waals surface area contributed by atoms with E-state index < -0.39 is 0 Å². The number of methoxy groups -OCH3 is 1. The number of aromatic nitrogens is 1. The second kappa shape index (κ2) is 9.80. The van der Waals surface area contributed by atoms with Gasteiger partial charge in [0.1, 0.15) is 12.9 Å². The number of benzene rings is 2. The predicted molar refractivity (Wildman–Crippen MR) is 122 cm³/mol. The summed E-state index contributed by atoms with van der Waals surface area (Å²) in [6.45, 7) is 0.639. The van der Waals surface area contributed by atoms with Crippen LogP contribution < -0.4 is 14.8 Å². The quantitative estimate of drug-likeness (QED) is 0.338. The summed E-state index contributed by atoms with van der Waals surface area (Å²) in [5.74, 6) is 1.30. The number of nitrogens with one attached hydrogen (secondary N) is 1. The van der Waals surface area contributed by atoms with Gasteiger partial charge in [-0.3, -0.25) is 4.79 Å². The Morgan fingerprint density at radius 3 is 2.77 bits per heavy atom. The molecule has 2 heterocycles. The van der Waals surface area contributed by atoms with Crippen LogP contribution in [0.3, 0.4) is 0 Å². The minimum atomic E-state index is -0.255. The maximum absolute atomic E-state index is 12.7. The molecule has 2 aromatic heterocycles. The number of ether oxygens (including phenoxy) is 2. The van der Waals surface area contributed by atoms with Gasteiger partial charge in [0.15, 0.2) is 11.5 Å². The highest BCUT2D eigenvalue weighted by Gasteiger charge is 2.16. The summed E-state index contributed by atoms with van der Waals surface area (Å²) in [5, 5.41) is 4.81. The first-order valence-corrected chi connectivity index (χ1v) is 11.1. The van der Waals surface area contributed by atoms with E-state index >= 15 is 0 Å². The Kier molecular flexibility index (Phi) is 6.69. The van der Waals surface area contributed by atoms with Crippen molar-refractivity contribution in [1.29, 1.82) is 0 Å². The Morgan fingerprint density at radius 1 is 1.19 bits per heavy atom. The maximum atomic E-state index is 12.7. The van der Waals surface area contributed by atoms with Gasteiger partial charge in [-0.25, -0.2) is 4.98 Å². The van der Waals surface area contributed by atoms with Gasteiger partial charge >= 0.3 is 0 Å². The van der Waals surface area contributed by atoms with Crippen molar-refractivity contribution in [3.8, 4) is 22.3 Å². The van der Waals surface area contributed by atoms with E-state index in [1.165, 1.54) is 0 Å². The van der Waals surface area contributed by atoms with Gasteiger partial charge in [-0.05, 0) is 45.1 Å². The van der Waals surface area contributed by atoms with Gasteiger partial charge < -0.3 is 19.2 Å². The minimum absolute atomic E-state index is 0.250. The van der Waals surface area contributed by atoms with Crippen molar-refractivity contribution in [1.82, 2.24) is 10.3 Å². The molecule has 31 heavy (non-hydrogen) atoms. The van der Waals surface area contributed by atoms with Crippen LogP contribution in [-0.2, 0) is 13.2 Å². The van der Waals surface area contributed by atoms with Crippen LogP contribution >= 0.6 is 27.3 Å². The smallest absolute Gasteiger partial charge is 0.251 e. The molecule has 6 nitrogen and oxygen atoms in total. The third kappa shape index (κ3) is 5.15. The fourth-order valence-corrected chi connectivity index (χ4v) is 4.11. The van der Waals surface area contributed by atoms with Crippen LogP contribution in [0, 0.1) is 0 Å². The van der Waals surface area contributed by atoms with Gasteiger partial charge in [0.25, 0.3) is 5.91 Å². The second-order valence-electron chi connectivity index (χ2n) is 6.57. The Morgan fingerprint density at radius 2 is 2.03 bits per heavy atom. The van der Waals surface area contributed by atoms with E-state index in [0.29, 0.717) is 39.7 Å². The highest BCUT2D eigenvalue weighted by molar-refractivity contribution is 9.10. The van der Waals surface area contributed by atoms with Crippen molar-refractivity contribution in [2.24, 2.45) is 0 Å². The van der Waals surface area contributed by atoms with Crippen molar-refractivity contribution in [3.63, 3.8) is 0 Å². The first-order valence-electron chi connectivity index (χ1n) is 9.45. The normalized spacial score (nSPS) is 10.6. The number of hydrogen-bond acceptors (Lipinski definition) is 6. The summed E-state index contributed by atoms with van der Waals surface area (Å²) in [4.78, 5) is 18.0. The highest BCUT2D eigenvalue weighted by atomic mass is 79.9. The molecule has 1 amide bonds. The Balaban J connectivity index is 1.42. The van der Waals surface area contributed by atoms with E-state index in [2.05, 4.69) is 26.2 Å². The molecule has 8 heteroatoms. The number of oxazole rings is 1. The maximum Gasteiger partial charge on any atom is 0.251 e. The Labute approximate surface area is 192 Å². The first-order chi connectivity index (χ1) is 15.1. The molecule has 0 saturated heterocycles. The SMILES string of the molecule is COc1cc(C(=O)NCc2coc(-c3cccs3)n2)cc(Br)c1OCc1ccccc1. The lowest BCUT2D eigenvalue weighted by Gasteiger charge is -2.14. The Bertz CT molecular complexity index is 1160. The van der Waals surface area contributed by atoms with Gasteiger partial charge in [0, 0.05) is 5.56 Å². The van der Waals surface area contributed by atoms with Crippen LogP contribution in [0.25, 0.3) is 10.8 Å². The molecule has 4 aromatic rings. The van der Waals surface area contributed by atoms with Crippen molar-refractivity contribution in [3.05, 3.63) is 87.5 Å². The summed E-state index contributed by atoms with van der Waals surface area (Å²) in [5.41, 5.74) is 2.12. The van der Waals surface area contributed by atoms with Gasteiger partial charge in [-0.2, -0.15) is 0 Å². The van der Waals surface area contributed by atoms with Crippen LogP contribution in [0.15, 0.2) is 75.1 Å². The van der Waals surface area contributed by atoms with Crippen LogP contribution in [0.5, 0.6) is 11.5 Å². The number of carbonyl (C=O) groups is 1. The molecule has 0 aliphatic rings. The Hall–Kier alpha value is -3.10. The van der Waals surface area contributed by atoms with E-state index in [9.17, 15) is 4.79 Å². The molecular formula is C23H19BrN2O4S. The van der Waals surface area contributed by atoms with Crippen molar-refractivity contribution in [2.45, 2.75) is 13.2 Å². The summed E-state index contributed by atoms with van der Waals surface area (Å²) in [6.07, 6.45) is 1.55. The van der Waals surface area contributed by atoms with Crippen molar-refractivity contribution in [2.75, 3.05) is 7.11 Å². The molecule has 4 rings (SSSR count). The van der Waals surface area contributed by atoms with Gasteiger partial charge in [0.2, 0.25) is 5.89 Å². The molecule has 0 aliphatic carbocycles. The zero-order valence-electron chi connectivity index (χ0n) is 16.6. The molecule has 0 aliphatic heterocycles. The number of thiophene rings is 1. The van der Waals surface area contributed by atoms with Crippen LogP contribution in [0.2, 0.25) is 0 Å². The summed E-state index contributed by atoms with van der Waals surface area (Å²) < 4.78 is 17.5. The topological polar surface area (TPSA) is 73.6 Å². The van der Waals surface area contributed by atoms with Crippen LogP contribution in [-0.4, -0.2) is 18.0 Å². The molecule has 0 atom stereocenters.